The van der Waals surface area contributed by atoms with Crippen LogP contribution < -0.4 is 19.3 Å². The third-order valence-corrected chi connectivity index (χ3v) is 11.0. The number of carbonyl (C=O) groups excluding carboxylic acids is 4. The molecule has 0 spiro atoms. The van der Waals surface area contributed by atoms with Gasteiger partial charge in [-0.15, -0.1) is 0 Å². The fourth-order valence-electron chi connectivity index (χ4n) is 8.10. The van der Waals surface area contributed by atoms with Crippen LogP contribution in [0.2, 0.25) is 0 Å². The van der Waals surface area contributed by atoms with Crippen molar-refractivity contribution in [3.8, 4) is 17.2 Å². The molecular formula is C37H33BrN2O7. The van der Waals surface area contributed by atoms with E-state index < -0.39 is 35.0 Å². The predicted molar refractivity (Wildman–Crippen MR) is 179 cm³/mol. The van der Waals surface area contributed by atoms with Crippen LogP contribution in [-0.4, -0.2) is 43.0 Å². The smallest absolute Gasteiger partial charge is 0.241 e. The summed E-state index contributed by atoms with van der Waals surface area (Å²) in [6, 6.07) is 19.3. The SMILES string of the molecule is COc1cc(C=CC2C3=CCC4C(=O)N(c5ccc(Br)cc5)C(=O)C4C3CC3C(=O)N(c4ccccc4)C(=O)C23C)cc(OC)c1O. The van der Waals surface area contributed by atoms with Crippen molar-refractivity contribution in [3.63, 3.8) is 0 Å². The van der Waals surface area contributed by atoms with Gasteiger partial charge in [-0.2, -0.15) is 0 Å². The Labute approximate surface area is 280 Å². The monoisotopic (exact) mass is 696 g/mol. The van der Waals surface area contributed by atoms with Crippen LogP contribution in [0.15, 0.2) is 88.9 Å². The van der Waals surface area contributed by atoms with Crippen LogP contribution in [-0.2, 0) is 19.2 Å². The maximum absolute atomic E-state index is 14.5. The Morgan fingerprint density at radius 3 is 2.13 bits per heavy atom. The van der Waals surface area contributed by atoms with Gasteiger partial charge in [-0.3, -0.25) is 24.1 Å². The van der Waals surface area contributed by atoms with Gasteiger partial charge in [0.15, 0.2) is 11.5 Å². The summed E-state index contributed by atoms with van der Waals surface area (Å²) < 4.78 is 11.5. The number of ether oxygens (including phenoxy) is 2. The van der Waals surface area contributed by atoms with Crippen molar-refractivity contribution in [3.05, 3.63) is 94.5 Å². The Morgan fingerprint density at radius 1 is 0.851 bits per heavy atom. The number of aromatic hydroxyl groups is 1. The minimum atomic E-state index is -1.15. The number of imide groups is 2. The molecule has 2 aliphatic heterocycles. The number of amides is 4. The second-order valence-electron chi connectivity index (χ2n) is 12.7. The molecule has 2 heterocycles. The number of benzene rings is 3. The zero-order valence-corrected chi connectivity index (χ0v) is 27.6. The Bertz CT molecular complexity index is 1850. The Kier molecular flexibility index (Phi) is 7.58. The third kappa shape index (κ3) is 4.64. The van der Waals surface area contributed by atoms with Crippen LogP contribution in [0.4, 0.5) is 11.4 Å². The predicted octanol–water partition coefficient (Wildman–Crippen LogP) is 6.15. The van der Waals surface area contributed by atoms with Crippen LogP contribution in [0.25, 0.3) is 6.08 Å². The molecule has 0 aromatic heterocycles. The normalized spacial score (nSPS) is 28.3. The molecule has 0 radical (unpaired) electrons. The molecule has 2 saturated heterocycles. The first-order valence-corrected chi connectivity index (χ1v) is 16.3. The lowest BCUT2D eigenvalue weighted by atomic mass is 9.52. The zero-order chi connectivity index (χ0) is 33.2. The lowest BCUT2D eigenvalue weighted by Crippen LogP contribution is -2.49. The van der Waals surface area contributed by atoms with Crippen LogP contribution in [0.1, 0.15) is 25.3 Å². The largest absolute Gasteiger partial charge is 0.502 e. The molecule has 0 bridgehead atoms. The highest BCUT2D eigenvalue weighted by Crippen LogP contribution is 2.61. The topological polar surface area (TPSA) is 113 Å². The van der Waals surface area contributed by atoms with Crippen LogP contribution in [0.5, 0.6) is 17.2 Å². The number of hydrogen-bond donors (Lipinski definition) is 1. The van der Waals surface area contributed by atoms with E-state index in [1.54, 1.807) is 60.7 Å². The van der Waals surface area contributed by atoms with Crippen molar-refractivity contribution in [1.29, 1.82) is 0 Å². The van der Waals surface area contributed by atoms with E-state index in [4.69, 9.17) is 9.47 Å². The molecule has 2 aliphatic carbocycles. The summed E-state index contributed by atoms with van der Waals surface area (Å²) in [6.45, 7) is 1.84. The highest BCUT2D eigenvalue weighted by atomic mass is 79.9. The van der Waals surface area contributed by atoms with Gasteiger partial charge in [-0.25, -0.2) is 4.90 Å². The van der Waals surface area contributed by atoms with E-state index in [-0.39, 0.29) is 47.3 Å². The maximum atomic E-state index is 14.5. The summed E-state index contributed by atoms with van der Waals surface area (Å²) in [4.78, 5) is 59.2. The zero-order valence-electron chi connectivity index (χ0n) is 26.1. The average Bonchev–Trinajstić information content (AvgIpc) is 3.45. The molecule has 3 fully saturated rings. The van der Waals surface area contributed by atoms with E-state index in [1.165, 1.54) is 24.0 Å². The second kappa shape index (κ2) is 11.5. The number of phenols is 1. The lowest BCUT2D eigenvalue weighted by molar-refractivity contribution is -0.132. The minimum Gasteiger partial charge on any atom is -0.502 e. The fourth-order valence-corrected chi connectivity index (χ4v) is 8.37. The molecule has 6 atom stereocenters. The summed E-state index contributed by atoms with van der Waals surface area (Å²) in [7, 11) is 2.89. The van der Waals surface area contributed by atoms with Gasteiger partial charge in [-0.1, -0.05) is 57.9 Å². The average molecular weight is 698 g/mol. The number of anilines is 2. The molecule has 240 valence electrons. The molecule has 4 aliphatic rings. The molecule has 1 N–H and O–H groups in total. The standard InChI is InChI=1S/C37H33BrN2O7/c1-37-27(16-9-20-17-29(46-2)32(41)30(18-20)47-3)24-14-15-25-31(35(44)39(33(25)42)23-12-10-21(38)11-13-23)26(24)19-28(37)34(43)40(36(37)45)22-7-5-4-6-8-22/h4-14,16-18,25-28,31,41H,15,19H2,1-3H3. The molecule has 1 saturated carbocycles. The molecular weight excluding hydrogens is 664 g/mol. The minimum absolute atomic E-state index is 0.132. The van der Waals surface area contributed by atoms with Gasteiger partial charge >= 0.3 is 0 Å². The first-order valence-electron chi connectivity index (χ1n) is 15.5. The lowest BCUT2D eigenvalue weighted by Gasteiger charge is -2.47. The van der Waals surface area contributed by atoms with E-state index in [1.807, 2.05) is 31.2 Å². The van der Waals surface area contributed by atoms with Gasteiger partial charge in [-0.05, 0) is 79.8 Å². The van der Waals surface area contributed by atoms with Crippen molar-refractivity contribution in [2.45, 2.75) is 19.8 Å². The summed E-state index contributed by atoms with van der Waals surface area (Å²) in [5, 5.41) is 10.5. The quantitative estimate of drug-likeness (QED) is 0.243. The number of rotatable bonds is 6. The molecule has 10 heteroatoms. The number of halogens is 1. The first-order chi connectivity index (χ1) is 22.6. The summed E-state index contributed by atoms with van der Waals surface area (Å²) in [5.74, 6) is -3.76. The number of nitrogens with zero attached hydrogens (tertiary/aromatic N) is 2. The second-order valence-corrected chi connectivity index (χ2v) is 13.6. The van der Waals surface area contributed by atoms with E-state index in [0.717, 1.165) is 10.0 Å². The summed E-state index contributed by atoms with van der Waals surface area (Å²) in [5.41, 5.74) is 1.39. The number of allylic oxidation sites excluding steroid dienone is 3. The fraction of sp³-hybridized carbons (Fsp3) is 0.297. The number of hydrogen-bond acceptors (Lipinski definition) is 7. The third-order valence-electron chi connectivity index (χ3n) is 10.4. The van der Waals surface area contributed by atoms with Crippen molar-refractivity contribution in [1.82, 2.24) is 0 Å². The maximum Gasteiger partial charge on any atom is 0.241 e. The Hall–Kier alpha value is -4.70. The number of phenolic OH excluding ortho intramolecular Hbond substituents is 1. The highest BCUT2D eigenvalue weighted by Gasteiger charge is 2.66. The van der Waals surface area contributed by atoms with Crippen LogP contribution >= 0.6 is 15.9 Å². The van der Waals surface area contributed by atoms with Crippen LogP contribution in [0, 0.1) is 35.0 Å². The number of carbonyl (C=O) groups is 4. The summed E-state index contributed by atoms with van der Waals surface area (Å²) in [6.07, 6.45) is 6.37. The molecule has 6 unspecified atom stereocenters. The van der Waals surface area contributed by atoms with Crippen LogP contribution in [0.3, 0.4) is 0 Å². The van der Waals surface area contributed by atoms with Gasteiger partial charge in [0.2, 0.25) is 29.4 Å². The first kappa shape index (κ1) is 30.9. The van der Waals surface area contributed by atoms with Crippen molar-refractivity contribution < 1.29 is 33.8 Å². The molecule has 3 aromatic rings. The van der Waals surface area contributed by atoms with E-state index in [9.17, 15) is 24.3 Å². The molecule has 47 heavy (non-hydrogen) atoms. The van der Waals surface area contributed by atoms with Crippen molar-refractivity contribution in [2.75, 3.05) is 24.0 Å². The molecule has 3 aromatic carbocycles. The van der Waals surface area contributed by atoms with E-state index in [0.29, 0.717) is 23.4 Å². The van der Waals surface area contributed by atoms with Gasteiger partial charge in [0.05, 0.1) is 48.8 Å². The Morgan fingerprint density at radius 2 is 1.49 bits per heavy atom. The number of fused-ring (bicyclic) bond motifs is 4. The Balaban J connectivity index is 1.34. The molecule has 7 rings (SSSR count). The van der Waals surface area contributed by atoms with E-state index in [2.05, 4.69) is 15.9 Å². The van der Waals surface area contributed by atoms with Gasteiger partial charge in [0.1, 0.15) is 0 Å². The van der Waals surface area contributed by atoms with Crippen molar-refractivity contribution in [2.24, 2.45) is 35.0 Å². The van der Waals surface area contributed by atoms with Gasteiger partial charge in [0, 0.05) is 10.4 Å². The van der Waals surface area contributed by atoms with Crippen molar-refractivity contribution >= 4 is 57.0 Å². The molecule has 9 nitrogen and oxygen atoms in total. The summed E-state index contributed by atoms with van der Waals surface area (Å²) >= 11 is 3.42. The van der Waals surface area contributed by atoms with Gasteiger partial charge in [0.25, 0.3) is 0 Å². The number of methoxy groups -OCH3 is 2. The van der Waals surface area contributed by atoms with Gasteiger partial charge < -0.3 is 14.6 Å². The van der Waals surface area contributed by atoms with E-state index >= 15 is 0 Å². The number of para-hydroxylation sites is 1. The highest BCUT2D eigenvalue weighted by molar-refractivity contribution is 9.10. The molecule has 4 amide bonds.